The summed E-state index contributed by atoms with van der Waals surface area (Å²) in [6.07, 6.45) is 2.67. The standard InChI is InChI=1S/C29H38N2O6/c1-21(2)16-23-19-35-25-9-5-4-8-24(25)29(33)30(14-15-34-3)12-6-7-13-31(23)28(32)18-22-10-11-26-27(17-22)37-20-36-26/h4-5,8-11,17,21,23H,6-7,12-16,18-20H2,1-3H3/t23-/m0/s1. The van der Waals surface area contributed by atoms with E-state index in [1.807, 2.05) is 52.3 Å². The van der Waals surface area contributed by atoms with Gasteiger partial charge in [-0.25, -0.2) is 0 Å². The van der Waals surface area contributed by atoms with Crippen molar-refractivity contribution in [3.8, 4) is 17.2 Å². The fourth-order valence-corrected chi connectivity index (χ4v) is 4.89. The number of carbonyl (C=O) groups excluding carboxylic acids is 2. The summed E-state index contributed by atoms with van der Waals surface area (Å²) in [7, 11) is 1.64. The van der Waals surface area contributed by atoms with Gasteiger partial charge in [0.1, 0.15) is 12.4 Å². The number of amides is 2. The highest BCUT2D eigenvalue weighted by molar-refractivity contribution is 5.97. The summed E-state index contributed by atoms with van der Waals surface area (Å²) < 4.78 is 22.4. The van der Waals surface area contributed by atoms with Crippen molar-refractivity contribution in [3.05, 3.63) is 53.6 Å². The quantitative estimate of drug-likeness (QED) is 0.557. The van der Waals surface area contributed by atoms with Crippen molar-refractivity contribution in [2.75, 3.05) is 46.8 Å². The van der Waals surface area contributed by atoms with Gasteiger partial charge in [0.05, 0.1) is 24.6 Å². The van der Waals surface area contributed by atoms with Gasteiger partial charge < -0.3 is 28.7 Å². The molecule has 2 aromatic carbocycles. The fraction of sp³-hybridized carbons (Fsp3) is 0.517. The highest BCUT2D eigenvalue weighted by Crippen LogP contribution is 2.33. The van der Waals surface area contributed by atoms with Crippen molar-refractivity contribution in [3.63, 3.8) is 0 Å². The Labute approximate surface area is 219 Å². The largest absolute Gasteiger partial charge is 0.491 e. The topological polar surface area (TPSA) is 77.5 Å². The number of para-hydroxylation sites is 1. The maximum atomic E-state index is 13.7. The van der Waals surface area contributed by atoms with Crippen LogP contribution < -0.4 is 14.2 Å². The predicted molar refractivity (Wildman–Crippen MR) is 140 cm³/mol. The van der Waals surface area contributed by atoms with E-state index in [1.165, 1.54) is 0 Å². The molecule has 0 radical (unpaired) electrons. The average molecular weight is 511 g/mol. The molecule has 8 nitrogen and oxygen atoms in total. The van der Waals surface area contributed by atoms with Gasteiger partial charge in [-0.1, -0.05) is 32.0 Å². The Kier molecular flexibility index (Phi) is 9.28. The third-order valence-electron chi connectivity index (χ3n) is 6.78. The molecule has 4 rings (SSSR count). The predicted octanol–water partition coefficient (Wildman–Crippen LogP) is 4.16. The lowest BCUT2D eigenvalue weighted by molar-refractivity contribution is -0.134. The molecule has 0 saturated heterocycles. The first-order chi connectivity index (χ1) is 18.0. The van der Waals surface area contributed by atoms with Crippen LogP contribution in [0, 0.1) is 5.92 Å². The fourth-order valence-electron chi connectivity index (χ4n) is 4.89. The van der Waals surface area contributed by atoms with Crippen molar-refractivity contribution in [2.24, 2.45) is 5.92 Å². The van der Waals surface area contributed by atoms with Crippen LogP contribution in [0.25, 0.3) is 0 Å². The zero-order chi connectivity index (χ0) is 26.2. The van der Waals surface area contributed by atoms with E-state index < -0.39 is 0 Å². The molecule has 200 valence electrons. The second kappa shape index (κ2) is 12.8. The smallest absolute Gasteiger partial charge is 0.257 e. The van der Waals surface area contributed by atoms with Crippen molar-refractivity contribution < 1.29 is 28.5 Å². The highest BCUT2D eigenvalue weighted by atomic mass is 16.7. The molecule has 1 atom stereocenters. The van der Waals surface area contributed by atoms with E-state index in [0.717, 1.165) is 24.8 Å². The van der Waals surface area contributed by atoms with Crippen LogP contribution in [0.15, 0.2) is 42.5 Å². The van der Waals surface area contributed by atoms with Crippen LogP contribution >= 0.6 is 0 Å². The molecule has 0 fully saturated rings. The van der Waals surface area contributed by atoms with Crippen LogP contribution in [0.1, 0.15) is 49.0 Å². The molecule has 37 heavy (non-hydrogen) atoms. The molecule has 0 spiro atoms. The molecule has 2 aliphatic heterocycles. The van der Waals surface area contributed by atoms with Gasteiger partial charge in [-0.15, -0.1) is 0 Å². The summed E-state index contributed by atoms with van der Waals surface area (Å²) in [5.74, 6) is 2.32. The van der Waals surface area contributed by atoms with Crippen molar-refractivity contribution in [2.45, 2.75) is 45.6 Å². The van der Waals surface area contributed by atoms with Gasteiger partial charge >= 0.3 is 0 Å². The number of methoxy groups -OCH3 is 1. The minimum atomic E-state index is -0.103. The normalized spacial score (nSPS) is 18.2. The van der Waals surface area contributed by atoms with Crippen LogP contribution in [0.3, 0.4) is 0 Å². The average Bonchev–Trinajstić information content (AvgIpc) is 3.35. The lowest BCUT2D eigenvalue weighted by Crippen LogP contribution is -2.46. The van der Waals surface area contributed by atoms with E-state index in [-0.39, 0.29) is 31.1 Å². The molecule has 0 N–H and O–H groups in total. The number of hydrogen-bond acceptors (Lipinski definition) is 6. The summed E-state index contributed by atoms with van der Waals surface area (Å²) in [5, 5.41) is 0. The highest BCUT2D eigenvalue weighted by Gasteiger charge is 2.28. The molecule has 2 amide bonds. The second-order valence-corrected chi connectivity index (χ2v) is 10.0. The van der Waals surface area contributed by atoms with Gasteiger partial charge in [-0.3, -0.25) is 9.59 Å². The molecular formula is C29H38N2O6. The molecule has 0 aromatic heterocycles. The van der Waals surface area contributed by atoms with Crippen molar-refractivity contribution in [1.29, 1.82) is 0 Å². The third-order valence-corrected chi connectivity index (χ3v) is 6.78. The van der Waals surface area contributed by atoms with E-state index >= 15 is 0 Å². The van der Waals surface area contributed by atoms with Crippen LogP contribution in [-0.2, 0) is 16.0 Å². The number of hydrogen-bond donors (Lipinski definition) is 0. The Hall–Kier alpha value is -3.26. The number of nitrogens with zero attached hydrogens (tertiary/aromatic N) is 2. The van der Waals surface area contributed by atoms with Crippen molar-refractivity contribution >= 4 is 11.8 Å². The molecule has 2 aromatic rings. The summed E-state index contributed by atoms with van der Waals surface area (Å²) in [6, 6.07) is 12.9. The molecule has 8 heteroatoms. The van der Waals surface area contributed by atoms with Gasteiger partial charge in [-0.05, 0) is 55.0 Å². The first-order valence-corrected chi connectivity index (χ1v) is 13.1. The lowest BCUT2D eigenvalue weighted by Gasteiger charge is -2.34. The first-order valence-electron chi connectivity index (χ1n) is 13.1. The van der Waals surface area contributed by atoms with Gasteiger partial charge in [0.2, 0.25) is 12.7 Å². The molecule has 2 aliphatic rings. The Morgan fingerprint density at radius 1 is 1.03 bits per heavy atom. The SMILES string of the molecule is COCCN1CCCCN(C(=O)Cc2ccc3c(c2)OCO3)[C@@H](CC(C)C)COc2ccccc2C1=O. The van der Waals surface area contributed by atoms with Gasteiger partial charge in [0, 0.05) is 26.7 Å². The minimum absolute atomic E-state index is 0.0515. The number of fused-ring (bicyclic) bond motifs is 2. The molecule has 0 unspecified atom stereocenters. The lowest BCUT2D eigenvalue weighted by atomic mass is 10.0. The monoisotopic (exact) mass is 510 g/mol. The summed E-state index contributed by atoms with van der Waals surface area (Å²) >= 11 is 0. The van der Waals surface area contributed by atoms with E-state index in [4.69, 9.17) is 18.9 Å². The Bertz CT molecular complexity index is 1070. The van der Waals surface area contributed by atoms with E-state index in [0.29, 0.717) is 61.6 Å². The van der Waals surface area contributed by atoms with Crippen LogP contribution in [-0.4, -0.2) is 74.4 Å². The molecule has 2 heterocycles. The molecule has 0 aliphatic carbocycles. The number of carbonyl (C=O) groups is 2. The maximum Gasteiger partial charge on any atom is 0.257 e. The van der Waals surface area contributed by atoms with E-state index in [2.05, 4.69) is 13.8 Å². The van der Waals surface area contributed by atoms with Gasteiger partial charge in [0.25, 0.3) is 5.91 Å². The third kappa shape index (κ3) is 6.95. The zero-order valence-electron chi connectivity index (χ0n) is 22.1. The zero-order valence-corrected chi connectivity index (χ0v) is 22.1. The van der Waals surface area contributed by atoms with E-state index in [9.17, 15) is 9.59 Å². The Morgan fingerprint density at radius 2 is 1.81 bits per heavy atom. The summed E-state index contributed by atoms with van der Waals surface area (Å²) in [4.78, 5) is 30.9. The molecule has 0 bridgehead atoms. The maximum absolute atomic E-state index is 13.7. The first kappa shape index (κ1) is 26.8. The number of rotatable bonds is 7. The van der Waals surface area contributed by atoms with Crippen molar-refractivity contribution in [1.82, 2.24) is 9.80 Å². The van der Waals surface area contributed by atoms with Gasteiger partial charge in [-0.2, -0.15) is 0 Å². The summed E-state index contributed by atoms with van der Waals surface area (Å²) in [6.45, 7) is 7.01. The summed E-state index contributed by atoms with van der Waals surface area (Å²) in [5.41, 5.74) is 1.44. The molecular weight excluding hydrogens is 472 g/mol. The second-order valence-electron chi connectivity index (χ2n) is 10.0. The number of ether oxygens (including phenoxy) is 4. The number of benzene rings is 2. The van der Waals surface area contributed by atoms with E-state index in [1.54, 1.807) is 7.11 Å². The van der Waals surface area contributed by atoms with Crippen LogP contribution in [0.4, 0.5) is 0 Å². The van der Waals surface area contributed by atoms with Crippen LogP contribution in [0.2, 0.25) is 0 Å². The van der Waals surface area contributed by atoms with Crippen LogP contribution in [0.5, 0.6) is 17.2 Å². The minimum Gasteiger partial charge on any atom is -0.491 e. The Morgan fingerprint density at radius 3 is 2.62 bits per heavy atom. The Balaban J connectivity index is 1.57. The van der Waals surface area contributed by atoms with Gasteiger partial charge in [0.15, 0.2) is 11.5 Å². The molecule has 0 saturated carbocycles.